The lowest BCUT2D eigenvalue weighted by molar-refractivity contribution is -0.138. The van der Waals surface area contributed by atoms with E-state index in [1.165, 1.54) is 11.1 Å². The minimum Gasteiger partial charge on any atom is -0.460 e. The fraction of sp³-hybridized carbons (Fsp3) is 0.455. The van der Waals surface area contributed by atoms with Gasteiger partial charge < -0.3 is 10.1 Å². The molecule has 26 heavy (non-hydrogen) atoms. The summed E-state index contributed by atoms with van der Waals surface area (Å²) in [5, 5.41) is 2.75. The second-order valence-electron chi connectivity index (χ2n) is 7.88. The van der Waals surface area contributed by atoms with E-state index in [1.807, 2.05) is 24.3 Å². The van der Waals surface area contributed by atoms with Gasteiger partial charge >= 0.3 is 5.97 Å². The molecule has 0 aromatic heterocycles. The Balaban J connectivity index is 2.71. The summed E-state index contributed by atoms with van der Waals surface area (Å²) < 4.78 is 4.96. The summed E-state index contributed by atoms with van der Waals surface area (Å²) in [5.41, 5.74) is 3.48. The molecule has 0 fully saturated rings. The van der Waals surface area contributed by atoms with Crippen molar-refractivity contribution in [3.05, 3.63) is 59.2 Å². The van der Waals surface area contributed by atoms with E-state index in [4.69, 9.17) is 4.74 Å². The molecule has 4 nitrogen and oxygen atoms in total. The number of hydrogen-bond acceptors (Lipinski definition) is 3. The first-order chi connectivity index (χ1) is 12.0. The SMILES string of the molecule is C=C(C)C(=O)OCCNC(=O)c1ccc(C(C=C(C)C)C(C)(C)C)cc1. The molecule has 142 valence electrons. The van der Waals surface area contributed by atoms with Crippen LogP contribution in [0.3, 0.4) is 0 Å². The smallest absolute Gasteiger partial charge is 0.333 e. The number of hydrogen-bond donors (Lipinski definition) is 1. The molecule has 1 atom stereocenters. The Labute approximate surface area is 157 Å². The molecule has 0 radical (unpaired) electrons. The number of benzene rings is 1. The Morgan fingerprint density at radius 2 is 1.73 bits per heavy atom. The number of esters is 1. The summed E-state index contributed by atoms with van der Waals surface area (Å²) in [5.74, 6) is -0.347. The summed E-state index contributed by atoms with van der Waals surface area (Å²) >= 11 is 0. The quantitative estimate of drug-likeness (QED) is 0.335. The topological polar surface area (TPSA) is 55.4 Å². The van der Waals surface area contributed by atoms with Crippen molar-refractivity contribution in [2.75, 3.05) is 13.2 Å². The predicted molar refractivity (Wildman–Crippen MR) is 106 cm³/mol. The van der Waals surface area contributed by atoms with E-state index in [9.17, 15) is 9.59 Å². The molecule has 4 heteroatoms. The molecule has 1 amide bonds. The molecule has 0 saturated heterocycles. The molecule has 1 N–H and O–H groups in total. The summed E-state index contributed by atoms with van der Waals surface area (Å²) in [6.07, 6.45) is 2.27. The van der Waals surface area contributed by atoms with Crippen LogP contribution in [0, 0.1) is 5.41 Å². The predicted octanol–water partition coefficient (Wildman–Crippen LogP) is 4.63. The van der Waals surface area contributed by atoms with Crippen LogP contribution < -0.4 is 5.32 Å². The average Bonchev–Trinajstić information content (AvgIpc) is 2.55. The highest BCUT2D eigenvalue weighted by Gasteiger charge is 2.24. The van der Waals surface area contributed by atoms with Crippen molar-refractivity contribution in [3.8, 4) is 0 Å². The van der Waals surface area contributed by atoms with Gasteiger partial charge in [-0.25, -0.2) is 4.79 Å². The number of rotatable bonds is 7. The van der Waals surface area contributed by atoms with Crippen LogP contribution in [0.2, 0.25) is 0 Å². The highest BCUT2D eigenvalue weighted by molar-refractivity contribution is 5.94. The van der Waals surface area contributed by atoms with E-state index in [-0.39, 0.29) is 30.4 Å². The standard InChI is InChI=1S/C22H31NO3/c1-15(2)14-19(22(5,6)7)17-8-10-18(11-9-17)20(24)23-12-13-26-21(25)16(3)4/h8-11,14,19H,3,12-13H2,1-2,4-7H3,(H,23,24). The third-order valence-electron chi connectivity index (χ3n) is 3.93. The van der Waals surface area contributed by atoms with E-state index in [0.29, 0.717) is 11.1 Å². The average molecular weight is 357 g/mol. The summed E-state index contributed by atoms with van der Waals surface area (Å²) in [4.78, 5) is 23.5. The van der Waals surface area contributed by atoms with Gasteiger partial charge in [0.25, 0.3) is 5.91 Å². The molecule has 1 unspecified atom stereocenters. The maximum Gasteiger partial charge on any atom is 0.333 e. The first kappa shape index (κ1) is 21.7. The van der Waals surface area contributed by atoms with Crippen LogP contribution in [0.25, 0.3) is 0 Å². The van der Waals surface area contributed by atoms with Crippen LogP contribution in [-0.4, -0.2) is 25.0 Å². The van der Waals surface area contributed by atoms with Crippen molar-refractivity contribution in [2.24, 2.45) is 5.41 Å². The van der Waals surface area contributed by atoms with Gasteiger partial charge in [-0.1, -0.05) is 51.1 Å². The van der Waals surface area contributed by atoms with Crippen LogP contribution in [-0.2, 0) is 9.53 Å². The normalized spacial score (nSPS) is 12.1. The second kappa shape index (κ2) is 9.37. The third kappa shape index (κ3) is 6.87. The summed E-state index contributed by atoms with van der Waals surface area (Å²) in [7, 11) is 0. The fourth-order valence-corrected chi connectivity index (χ4v) is 2.55. The molecule has 0 saturated carbocycles. The maximum absolute atomic E-state index is 12.2. The Hall–Kier alpha value is -2.36. The number of nitrogens with one attached hydrogen (secondary N) is 1. The Bertz CT molecular complexity index is 674. The zero-order chi connectivity index (χ0) is 19.9. The van der Waals surface area contributed by atoms with Gasteiger partial charge in [-0.3, -0.25) is 4.79 Å². The largest absolute Gasteiger partial charge is 0.460 e. The Morgan fingerprint density at radius 1 is 1.15 bits per heavy atom. The van der Waals surface area contributed by atoms with E-state index < -0.39 is 5.97 Å². The van der Waals surface area contributed by atoms with Gasteiger partial charge in [-0.15, -0.1) is 0 Å². The monoisotopic (exact) mass is 357 g/mol. The molecule has 0 heterocycles. The van der Waals surface area contributed by atoms with E-state index in [1.54, 1.807) is 6.92 Å². The van der Waals surface area contributed by atoms with E-state index in [2.05, 4.69) is 52.6 Å². The van der Waals surface area contributed by atoms with Crippen LogP contribution in [0.15, 0.2) is 48.1 Å². The van der Waals surface area contributed by atoms with Gasteiger partial charge in [0.15, 0.2) is 0 Å². The lowest BCUT2D eigenvalue weighted by Gasteiger charge is -2.29. The number of allylic oxidation sites excluding steroid dienone is 2. The molecule has 0 aliphatic carbocycles. The molecule has 1 rings (SSSR count). The number of carbonyl (C=O) groups excluding carboxylic acids is 2. The number of ether oxygens (including phenoxy) is 1. The van der Waals surface area contributed by atoms with Gasteiger partial charge in [-0.2, -0.15) is 0 Å². The summed E-state index contributed by atoms with van der Waals surface area (Å²) in [6.45, 7) is 16.3. The maximum atomic E-state index is 12.2. The minimum atomic E-state index is -0.448. The molecule has 0 spiro atoms. The Morgan fingerprint density at radius 3 is 2.19 bits per heavy atom. The molecule has 0 aliphatic rings. The highest BCUT2D eigenvalue weighted by atomic mass is 16.5. The fourth-order valence-electron chi connectivity index (χ4n) is 2.55. The molecule has 1 aromatic rings. The van der Waals surface area contributed by atoms with Crippen LogP contribution in [0.1, 0.15) is 63.4 Å². The van der Waals surface area contributed by atoms with Gasteiger partial charge in [0.05, 0.1) is 6.54 Å². The number of carbonyl (C=O) groups is 2. The third-order valence-corrected chi connectivity index (χ3v) is 3.93. The van der Waals surface area contributed by atoms with Gasteiger partial charge in [0.2, 0.25) is 0 Å². The molecule has 1 aromatic carbocycles. The van der Waals surface area contributed by atoms with Gasteiger partial charge in [0, 0.05) is 17.1 Å². The lowest BCUT2D eigenvalue weighted by Crippen LogP contribution is -2.28. The Kier molecular flexibility index (Phi) is 7.81. The first-order valence-corrected chi connectivity index (χ1v) is 8.88. The zero-order valence-electron chi connectivity index (χ0n) is 16.8. The van der Waals surface area contributed by atoms with Crippen molar-refractivity contribution in [3.63, 3.8) is 0 Å². The highest BCUT2D eigenvalue weighted by Crippen LogP contribution is 2.37. The van der Waals surface area contributed by atoms with Crippen LogP contribution in [0.4, 0.5) is 0 Å². The second-order valence-corrected chi connectivity index (χ2v) is 7.88. The van der Waals surface area contributed by atoms with Crippen molar-refractivity contribution in [2.45, 2.75) is 47.5 Å². The minimum absolute atomic E-state index is 0.0915. The van der Waals surface area contributed by atoms with E-state index in [0.717, 1.165) is 0 Å². The molecular formula is C22H31NO3. The summed E-state index contributed by atoms with van der Waals surface area (Å²) in [6, 6.07) is 7.68. The van der Waals surface area contributed by atoms with Crippen molar-refractivity contribution in [1.82, 2.24) is 5.32 Å². The molecule has 0 bridgehead atoms. The number of amides is 1. The van der Waals surface area contributed by atoms with Crippen molar-refractivity contribution in [1.29, 1.82) is 0 Å². The van der Waals surface area contributed by atoms with E-state index >= 15 is 0 Å². The lowest BCUT2D eigenvalue weighted by atomic mass is 9.75. The van der Waals surface area contributed by atoms with Gasteiger partial charge in [-0.05, 0) is 43.9 Å². The first-order valence-electron chi connectivity index (χ1n) is 8.88. The van der Waals surface area contributed by atoms with Crippen molar-refractivity contribution < 1.29 is 14.3 Å². The van der Waals surface area contributed by atoms with Crippen molar-refractivity contribution >= 4 is 11.9 Å². The zero-order valence-corrected chi connectivity index (χ0v) is 16.8. The van der Waals surface area contributed by atoms with Crippen LogP contribution >= 0.6 is 0 Å². The molecular weight excluding hydrogens is 326 g/mol. The molecule has 0 aliphatic heterocycles. The van der Waals surface area contributed by atoms with Gasteiger partial charge in [0.1, 0.15) is 6.61 Å². The van der Waals surface area contributed by atoms with Crippen LogP contribution in [0.5, 0.6) is 0 Å².